The quantitative estimate of drug-likeness (QED) is 0.107. The SMILES string of the molecule is CC(C)[Si]1(C(C)C)[Si](C(C)C)(C(C)C)[Si]2(C(C)C)[Si]1(C(C)C)[Si]1(C(C)C)[Si]2(C(C)C)[Si]2(C(C)C)[Si]1(C(C)C)[Si]1(C(C)C)[Si]3(C(C)C)[Si]4(C(C)C)[Si](C(C)C)(C(C)C)[Si](C(C)C)(C(C)C)[Si]4(C(C)C)[Si]3(C(C)C)[Si]21C(C)C. The second-order valence-corrected chi connectivity index (χ2v) is 251. The first-order valence-corrected chi connectivity index (χ1v) is 89.9. The number of fused-ring (bicyclic) bond motifs is 16. The van der Waals surface area contributed by atoms with Crippen LogP contribution in [0.15, 0.2) is 0 Å². The van der Waals surface area contributed by atoms with Crippen LogP contribution in [-0.4, -0.2) is 108 Å². The Labute approximate surface area is 491 Å². The Morgan fingerprint density at radius 2 is 0.158 bits per heavy atom. The lowest BCUT2D eigenvalue weighted by atomic mass is 10.5. The van der Waals surface area contributed by atoms with E-state index < -0.39 is 108 Å². The summed E-state index contributed by atoms with van der Waals surface area (Å²) in [5.41, 5.74) is 21.3. The Hall–Kier alpha value is 3.47. The first kappa shape index (κ1) is 67.0. The molecule has 0 aromatic heterocycles. The molecule has 7 heterocycles. The van der Waals surface area contributed by atoms with E-state index in [4.69, 9.17) is 0 Å². The topological polar surface area (TPSA) is 0 Å². The van der Waals surface area contributed by atoms with Crippen molar-refractivity contribution in [1.82, 2.24) is 0 Å². The summed E-state index contributed by atoms with van der Waals surface area (Å²) in [6, 6.07) is 0. The first-order chi connectivity index (χ1) is 34.4. The molecule has 0 bridgehead atoms. The van der Waals surface area contributed by atoms with Crippen LogP contribution in [0.1, 0.15) is 277 Å². The summed E-state index contributed by atoms with van der Waals surface area (Å²) >= 11 is 0. The number of hydrogen-bond donors (Lipinski definition) is 0. The van der Waals surface area contributed by atoms with Gasteiger partial charge < -0.3 is 0 Å². The Balaban J connectivity index is 2.08. The molecule has 7 saturated heterocycles. The maximum Gasteiger partial charge on any atom is 0.0400 e. The molecule has 0 aromatic carbocycles. The maximum absolute atomic E-state index is 3.30. The van der Waals surface area contributed by atoms with Crippen LogP contribution >= 0.6 is 0 Å². The van der Waals surface area contributed by atoms with Gasteiger partial charge in [-0.05, 0) is 0 Å². The van der Waals surface area contributed by atoms with Crippen molar-refractivity contribution in [3.05, 3.63) is 0 Å². The lowest BCUT2D eigenvalue weighted by molar-refractivity contribution is 0.862. The highest BCUT2D eigenvalue weighted by Crippen LogP contribution is 3.05. The predicted octanol–water partition coefficient (Wildman–Crippen LogP) is 21.2. The minimum Gasteiger partial charge on any atom is -0.0659 e. The normalized spacial score (nSPS) is 44.1. The summed E-state index contributed by atoms with van der Waals surface area (Å²) in [5.74, 6) is 0. The monoisotopic (exact) mass is 1310 g/mol. The molecule has 0 saturated carbocycles. The Bertz CT molecular complexity index is 1920. The van der Waals surface area contributed by atoms with Crippen LogP contribution < -0.4 is 0 Å². The minimum atomic E-state index is -1.99. The Morgan fingerprint density at radius 3 is 0.211 bits per heavy atom. The first-order valence-electron chi connectivity index (χ1n) is 34.4. The van der Waals surface area contributed by atoms with Crippen LogP contribution in [0.3, 0.4) is 0 Å². The third-order valence-electron chi connectivity index (χ3n) is 31.6. The number of rotatable bonds is 20. The van der Waals surface area contributed by atoms with Crippen molar-refractivity contribution in [2.45, 2.75) is 388 Å². The largest absolute Gasteiger partial charge is 0.0659 e. The molecule has 0 radical (unpaired) electrons. The molecule has 76 heavy (non-hydrogen) atoms. The molecule has 0 aromatic rings. The molecule has 16 heteroatoms. The molecule has 7 aliphatic heterocycles. The third kappa shape index (κ3) is 4.38. The zero-order valence-electron chi connectivity index (χ0n) is 59.5. The van der Waals surface area contributed by atoms with Gasteiger partial charge in [-0.2, -0.15) is 0 Å². The van der Waals surface area contributed by atoms with Crippen molar-refractivity contribution in [2.24, 2.45) is 0 Å². The van der Waals surface area contributed by atoms with Gasteiger partial charge in [-0.15, -0.1) is 0 Å². The molecular weight excluding hydrogens is 1170 g/mol. The molecule has 444 valence electrons. The lowest BCUT2D eigenvalue weighted by Gasteiger charge is -3.26. The van der Waals surface area contributed by atoms with Gasteiger partial charge in [0.05, 0.1) is 0 Å². The van der Waals surface area contributed by atoms with E-state index in [1.54, 1.807) is 0 Å². The zero-order chi connectivity index (χ0) is 59.5. The lowest BCUT2D eigenvalue weighted by Crippen LogP contribution is -3.58. The van der Waals surface area contributed by atoms with Gasteiger partial charge in [-0.25, -0.2) is 0 Å². The van der Waals surface area contributed by atoms with Crippen LogP contribution in [0.2, 0.25) is 111 Å². The molecule has 0 spiro atoms. The Kier molecular flexibility index (Phi) is 16.3. The standard InChI is InChI=1S/C60H140Si16/c1-41(2)61(42(3)4)62(43(5)6,44(7)8)66(50(19)20)65(61,49(17)18)69(53(25)26)70(66,54(27)28)74(58(35)36)73(69,57(33)34)75(59(37)38)71(55(29)30)67(51(21)22)63(45(9)10,46(11)12)64(47(13)14,48(15)16)68(67,52(23)24)72(71,56(31)32)76(74,75)60(39)40/h41-60H,1-40H3. The average molecular weight is 1310 g/mol. The van der Waals surface area contributed by atoms with E-state index >= 15 is 0 Å². The van der Waals surface area contributed by atoms with E-state index in [0.29, 0.717) is 0 Å². The highest BCUT2D eigenvalue weighted by molar-refractivity contribution is 8.83. The van der Waals surface area contributed by atoms with E-state index in [-0.39, 0.29) is 0 Å². The van der Waals surface area contributed by atoms with Crippen LogP contribution in [0.25, 0.3) is 0 Å². The van der Waals surface area contributed by atoms with Crippen LogP contribution in [0.5, 0.6) is 0 Å². The fraction of sp³-hybridized carbons (Fsp3) is 1.00. The smallest absolute Gasteiger partial charge is 0.0400 e. The predicted molar refractivity (Wildman–Crippen MR) is 394 cm³/mol. The van der Waals surface area contributed by atoms with Gasteiger partial charge >= 0.3 is 0 Å². The summed E-state index contributed by atoms with van der Waals surface area (Å²) in [6.07, 6.45) is 0. The molecule has 7 aliphatic rings. The van der Waals surface area contributed by atoms with Crippen molar-refractivity contribution >= 4 is 108 Å². The highest BCUT2D eigenvalue weighted by Gasteiger charge is 3.33. The summed E-state index contributed by atoms with van der Waals surface area (Å²) in [5, 5.41) is 0. The van der Waals surface area contributed by atoms with Gasteiger partial charge in [0.25, 0.3) is 0 Å². The van der Waals surface area contributed by atoms with Crippen LogP contribution in [-0.2, 0) is 0 Å². The second kappa shape index (κ2) is 18.5. The molecule has 0 nitrogen and oxygen atoms in total. The van der Waals surface area contributed by atoms with Crippen molar-refractivity contribution in [2.75, 3.05) is 0 Å². The van der Waals surface area contributed by atoms with Gasteiger partial charge in [0.2, 0.25) is 0 Å². The van der Waals surface area contributed by atoms with E-state index in [9.17, 15) is 0 Å². The van der Waals surface area contributed by atoms with Crippen molar-refractivity contribution < 1.29 is 0 Å². The van der Waals surface area contributed by atoms with Crippen molar-refractivity contribution in [3.8, 4) is 0 Å². The molecule has 0 N–H and O–H groups in total. The molecule has 0 aliphatic carbocycles. The van der Waals surface area contributed by atoms with E-state index in [1.807, 2.05) is 0 Å². The molecule has 8 atom stereocenters. The average Bonchev–Trinajstić information content (AvgIpc) is 3.19. The maximum atomic E-state index is 3.30. The molecular formula is C60H140Si16. The van der Waals surface area contributed by atoms with Gasteiger partial charge in [0.1, 0.15) is 0 Å². The van der Waals surface area contributed by atoms with Gasteiger partial charge in [0, 0.05) is 108 Å². The fourth-order valence-corrected chi connectivity index (χ4v) is 1880. The van der Waals surface area contributed by atoms with E-state index in [2.05, 4.69) is 277 Å². The molecule has 7 fully saturated rings. The third-order valence-corrected chi connectivity index (χ3v) is 721. The molecule has 0 amide bonds. The van der Waals surface area contributed by atoms with Crippen molar-refractivity contribution in [3.63, 3.8) is 0 Å². The van der Waals surface area contributed by atoms with Crippen LogP contribution in [0, 0.1) is 0 Å². The van der Waals surface area contributed by atoms with E-state index in [0.717, 1.165) is 111 Å². The summed E-state index contributed by atoms with van der Waals surface area (Å²) < 4.78 is 0. The van der Waals surface area contributed by atoms with Gasteiger partial charge in [-0.3, -0.25) is 0 Å². The Morgan fingerprint density at radius 1 is 0.0921 bits per heavy atom. The molecule has 7 rings (SSSR count). The summed E-state index contributed by atoms with van der Waals surface area (Å²) in [7, 11) is -7.54. The van der Waals surface area contributed by atoms with Crippen molar-refractivity contribution in [1.29, 1.82) is 0 Å². The van der Waals surface area contributed by atoms with Gasteiger partial charge in [-0.1, -0.05) is 388 Å². The minimum absolute atomic E-state index is 1.01. The van der Waals surface area contributed by atoms with E-state index in [1.165, 1.54) is 0 Å². The second-order valence-electron chi connectivity index (χ2n) is 36.3. The summed E-state index contributed by atoms with van der Waals surface area (Å²) in [4.78, 5) is 0. The highest BCUT2D eigenvalue weighted by atomic mass is 31.0. The van der Waals surface area contributed by atoms with Gasteiger partial charge in [0.15, 0.2) is 0 Å². The number of hydrogen-bond acceptors (Lipinski definition) is 0. The zero-order valence-corrected chi connectivity index (χ0v) is 75.5. The summed E-state index contributed by atoms with van der Waals surface area (Å²) in [6.45, 7) is 104. The van der Waals surface area contributed by atoms with Crippen LogP contribution in [0.4, 0.5) is 0 Å². The fourth-order valence-electron chi connectivity index (χ4n) is 38.8. The molecule has 8 unspecified atom stereocenters.